The Labute approximate surface area is 141 Å². The number of hydrogen-bond acceptors (Lipinski definition) is 4. The largest absolute Gasteiger partial charge is 0.444 e. The minimum atomic E-state index is -0.446. The minimum absolute atomic E-state index is 0.205. The molecule has 0 aromatic carbocycles. The Hall–Kier alpha value is -0.780. The summed E-state index contributed by atoms with van der Waals surface area (Å²) >= 11 is 7.55. The molecule has 1 heterocycles. The Bertz CT molecular complexity index is 508. The average molecular weight is 345 g/mol. The standard InChI is InChI=1S/C16H25ClN2O2S/c1-11(13-7-8-14(17)22-13)18-9-10-19(12-5-6-12)15(20)21-16(2,3)4/h7-8,11-12,18H,5-6,9-10H2,1-4H3. The van der Waals surface area contributed by atoms with E-state index in [-0.39, 0.29) is 12.1 Å². The quantitative estimate of drug-likeness (QED) is 0.828. The van der Waals surface area contributed by atoms with Crippen molar-refractivity contribution in [3.05, 3.63) is 21.3 Å². The number of amides is 1. The lowest BCUT2D eigenvalue weighted by Gasteiger charge is -2.28. The van der Waals surface area contributed by atoms with E-state index in [0.717, 1.165) is 23.7 Å². The van der Waals surface area contributed by atoms with Gasteiger partial charge >= 0.3 is 6.09 Å². The molecule has 6 heteroatoms. The maximum Gasteiger partial charge on any atom is 0.410 e. The first-order chi connectivity index (χ1) is 10.3. The molecule has 0 radical (unpaired) electrons. The van der Waals surface area contributed by atoms with Crippen LogP contribution in [0, 0.1) is 0 Å². The molecule has 0 spiro atoms. The first kappa shape index (κ1) is 17.6. The van der Waals surface area contributed by atoms with Crippen molar-refractivity contribution in [3.8, 4) is 0 Å². The lowest BCUT2D eigenvalue weighted by molar-refractivity contribution is 0.0235. The van der Waals surface area contributed by atoms with Gasteiger partial charge in [0, 0.05) is 30.1 Å². The van der Waals surface area contributed by atoms with Crippen molar-refractivity contribution >= 4 is 29.0 Å². The van der Waals surface area contributed by atoms with Crippen molar-refractivity contribution < 1.29 is 9.53 Å². The van der Waals surface area contributed by atoms with Crippen molar-refractivity contribution in [3.63, 3.8) is 0 Å². The summed E-state index contributed by atoms with van der Waals surface area (Å²) in [4.78, 5) is 15.3. The van der Waals surface area contributed by atoms with E-state index < -0.39 is 5.60 Å². The van der Waals surface area contributed by atoms with Crippen LogP contribution in [0.2, 0.25) is 4.34 Å². The van der Waals surface area contributed by atoms with Gasteiger partial charge in [0.2, 0.25) is 0 Å². The van der Waals surface area contributed by atoms with E-state index in [9.17, 15) is 4.79 Å². The molecule has 2 rings (SSSR count). The molecule has 1 aromatic rings. The van der Waals surface area contributed by atoms with Crippen LogP contribution in [0.1, 0.15) is 51.5 Å². The molecule has 1 unspecified atom stereocenters. The van der Waals surface area contributed by atoms with E-state index in [1.807, 2.05) is 37.8 Å². The van der Waals surface area contributed by atoms with Gasteiger partial charge in [0.25, 0.3) is 0 Å². The number of rotatable bonds is 6. The van der Waals surface area contributed by atoms with Crippen molar-refractivity contribution in [1.82, 2.24) is 10.2 Å². The molecular formula is C16H25ClN2O2S. The maximum atomic E-state index is 12.2. The molecule has 1 aromatic heterocycles. The van der Waals surface area contributed by atoms with E-state index in [1.54, 1.807) is 11.3 Å². The first-order valence-corrected chi connectivity index (χ1v) is 8.94. The Kier molecular flexibility index (Phi) is 5.75. The molecule has 1 fully saturated rings. The number of hydrogen-bond donors (Lipinski definition) is 1. The van der Waals surface area contributed by atoms with E-state index in [4.69, 9.17) is 16.3 Å². The average Bonchev–Trinajstić information content (AvgIpc) is 3.13. The zero-order valence-corrected chi connectivity index (χ0v) is 15.3. The van der Waals surface area contributed by atoms with Crippen LogP contribution in [0.3, 0.4) is 0 Å². The number of thiophene rings is 1. The lowest BCUT2D eigenvalue weighted by atomic mass is 10.2. The van der Waals surface area contributed by atoms with Gasteiger partial charge in [-0.3, -0.25) is 0 Å². The predicted molar refractivity (Wildman–Crippen MR) is 91.7 cm³/mol. The number of ether oxygens (including phenoxy) is 1. The summed E-state index contributed by atoms with van der Waals surface area (Å²) in [7, 11) is 0. The van der Waals surface area contributed by atoms with Crippen LogP contribution in [0.15, 0.2) is 12.1 Å². The molecule has 1 amide bonds. The van der Waals surface area contributed by atoms with Crippen LogP contribution >= 0.6 is 22.9 Å². The van der Waals surface area contributed by atoms with Gasteiger partial charge in [-0.2, -0.15) is 0 Å². The minimum Gasteiger partial charge on any atom is -0.444 e. The van der Waals surface area contributed by atoms with E-state index in [0.29, 0.717) is 12.6 Å². The van der Waals surface area contributed by atoms with Crippen LogP contribution in [-0.2, 0) is 4.74 Å². The molecule has 0 saturated heterocycles. The van der Waals surface area contributed by atoms with Crippen LogP contribution in [0.4, 0.5) is 4.79 Å². The highest BCUT2D eigenvalue weighted by Crippen LogP contribution is 2.29. The zero-order valence-electron chi connectivity index (χ0n) is 13.7. The molecule has 1 N–H and O–H groups in total. The van der Waals surface area contributed by atoms with Gasteiger partial charge in [-0.05, 0) is 52.7 Å². The van der Waals surface area contributed by atoms with Crippen LogP contribution in [-0.4, -0.2) is 35.7 Å². The van der Waals surface area contributed by atoms with Gasteiger partial charge in [0.15, 0.2) is 0 Å². The molecule has 4 nitrogen and oxygen atoms in total. The highest BCUT2D eigenvalue weighted by molar-refractivity contribution is 7.16. The summed E-state index contributed by atoms with van der Waals surface area (Å²) in [6, 6.07) is 4.54. The van der Waals surface area contributed by atoms with E-state index >= 15 is 0 Å². The summed E-state index contributed by atoms with van der Waals surface area (Å²) in [6.45, 7) is 9.22. The third-order valence-electron chi connectivity index (χ3n) is 3.44. The molecule has 0 aliphatic heterocycles. The molecule has 124 valence electrons. The van der Waals surface area contributed by atoms with E-state index in [2.05, 4.69) is 12.2 Å². The van der Waals surface area contributed by atoms with Crippen LogP contribution < -0.4 is 5.32 Å². The van der Waals surface area contributed by atoms with E-state index in [1.165, 1.54) is 4.88 Å². The zero-order chi connectivity index (χ0) is 16.3. The number of nitrogens with zero attached hydrogens (tertiary/aromatic N) is 1. The fourth-order valence-corrected chi connectivity index (χ4v) is 3.28. The monoisotopic (exact) mass is 344 g/mol. The van der Waals surface area contributed by atoms with Crippen molar-refractivity contribution in [2.75, 3.05) is 13.1 Å². The fraction of sp³-hybridized carbons (Fsp3) is 0.688. The molecule has 22 heavy (non-hydrogen) atoms. The normalized spacial score (nSPS) is 16.4. The van der Waals surface area contributed by atoms with Gasteiger partial charge < -0.3 is 15.0 Å². The highest BCUT2D eigenvalue weighted by Gasteiger charge is 2.34. The number of halogens is 1. The first-order valence-electron chi connectivity index (χ1n) is 7.74. The van der Waals surface area contributed by atoms with Crippen LogP contribution in [0.5, 0.6) is 0 Å². The number of carbonyl (C=O) groups is 1. The fourth-order valence-electron chi connectivity index (χ4n) is 2.19. The topological polar surface area (TPSA) is 41.6 Å². The Morgan fingerprint density at radius 1 is 1.50 bits per heavy atom. The third kappa shape index (κ3) is 5.45. The summed E-state index contributed by atoms with van der Waals surface area (Å²) in [5.41, 5.74) is -0.446. The van der Waals surface area contributed by atoms with Gasteiger partial charge in [0.1, 0.15) is 5.60 Å². The molecule has 1 aliphatic carbocycles. The van der Waals surface area contributed by atoms with Crippen molar-refractivity contribution in [2.45, 2.75) is 58.2 Å². The second kappa shape index (κ2) is 7.20. The highest BCUT2D eigenvalue weighted by atomic mass is 35.5. The lowest BCUT2D eigenvalue weighted by Crippen LogP contribution is -2.42. The Morgan fingerprint density at radius 3 is 2.68 bits per heavy atom. The second-order valence-corrected chi connectivity index (χ2v) is 8.47. The SMILES string of the molecule is CC(NCCN(C(=O)OC(C)(C)C)C1CC1)c1ccc(Cl)s1. The summed E-state index contributed by atoms with van der Waals surface area (Å²) in [5, 5.41) is 3.45. The summed E-state index contributed by atoms with van der Waals surface area (Å²) in [6.07, 6.45) is 1.95. The summed E-state index contributed by atoms with van der Waals surface area (Å²) in [5.74, 6) is 0. The summed E-state index contributed by atoms with van der Waals surface area (Å²) < 4.78 is 6.29. The smallest absolute Gasteiger partial charge is 0.410 e. The van der Waals surface area contributed by atoms with Gasteiger partial charge in [0.05, 0.1) is 4.34 Å². The third-order valence-corrected chi connectivity index (χ3v) is 4.85. The van der Waals surface area contributed by atoms with Crippen molar-refractivity contribution in [2.24, 2.45) is 0 Å². The second-order valence-electron chi connectivity index (χ2n) is 6.72. The van der Waals surface area contributed by atoms with Crippen LogP contribution in [0.25, 0.3) is 0 Å². The molecule has 1 saturated carbocycles. The number of carbonyl (C=O) groups excluding carboxylic acids is 1. The van der Waals surface area contributed by atoms with Gasteiger partial charge in [-0.25, -0.2) is 4.79 Å². The molecule has 1 aliphatic rings. The molecule has 0 bridgehead atoms. The Balaban J connectivity index is 1.81. The predicted octanol–water partition coefficient (Wildman–Crippen LogP) is 4.45. The molecule has 1 atom stereocenters. The Morgan fingerprint density at radius 2 is 2.18 bits per heavy atom. The van der Waals surface area contributed by atoms with Crippen molar-refractivity contribution in [1.29, 1.82) is 0 Å². The van der Waals surface area contributed by atoms with Gasteiger partial charge in [-0.15, -0.1) is 11.3 Å². The molecular weight excluding hydrogens is 320 g/mol. The maximum absolute atomic E-state index is 12.2. The van der Waals surface area contributed by atoms with Gasteiger partial charge in [-0.1, -0.05) is 11.6 Å². The number of nitrogens with one attached hydrogen (secondary N) is 1.